The molecule has 6 nitrogen and oxygen atoms in total. The highest BCUT2D eigenvalue weighted by atomic mass is 16.6. The van der Waals surface area contributed by atoms with Crippen LogP contribution in [0.25, 0.3) is 0 Å². The molecule has 0 fully saturated rings. The summed E-state index contributed by atoms with van der Waals surface area (Å²) in [5.74, 6) is -0.957. The Morgan fingerprint density at radius 1 is 0.273 bits per heavy atom. The van der Waals surface area contributed by atoms with Gasteiger partial charge in [-0.2, -0.15) is 0 Å². The summed E-state index contributed by atoms with van der Waals surface area (Å²) in [7, 11) is 0. The van der Waals surface area contributed by atoms with Gasteiger partial charge in [-0.1, -0.05) is 284 Å². The standard InChI is InChI=1S/C71H118O6/c1-4-7-10-13-16-19-22-24-26-28-30-31-32-33-34-35-36-37-38-39-41-42-44-46-49-52-55-58-61-64-70(73)76-67-68(66-75-69(72)63-60-57-54-51-48-21-18-15-12-9-6-3)77-71(74)65-62-59-56-53-50-47-45-43-40-29-27-25-23-20-17-14-11-8-5-2/h7,10,16,19,24-27,30-31,33-34,36-37,39,41,44,46,52,55,68H,4-6,8-9,11-15,17-18,20-23,28-29,32,35,38,40,42-43,45,47-51,53-54,56-67H2,1-3H3/b10-7-,19-16-,26-24-,27-25-,31-30-,34-33-,37-36-,41-39-,46-44-,55-52-. The predicted molar refractivity (Wildman–Crippen MR) is 334 cm³/mol. The molecule has 0 aliphatic heterocycles. The minimum atomic E-state index is -0.804. The van der Waals surface area contributed by atoms with Crippen molar-refractivity contribution < 1.29 is 28.6 Å². The van der Waals surface area contributed by atoms with Crippen LogP contribution in [0.3, 0.4) is 0 Å². The second-order valence-electron chi connectivity index (χ2n) is 20.9. The molecule has 0 saturated carbocycles. The molecule has 77 heavy (non-hydrogen) atoms. The molecule has 0 aromatic rings. The molecule has 0 rings (SSSR count). The highest BCUT2D eigenvalue weighted by molar-refractivity contribution is 5.71. The quantitative estimate of drug-likeness (QED) is 0.0261. The topological polar surface area (TPSA) is 78.9 Å². The summed E-state index contributed by atoms with van der Waals surface area (Å²) >= 11 is 0. The summed E-state index contributed by atoms with van der Waals surface area (Å²) in [5, 5.41) is 0. The minimum absolute atomic E-state index is 0.0963. The van der Waals surface area contributed by atoms with Crippen molar-refractivity contribution in [3.05, 3.63) is 122 Å². The van der Waals surface area contributed by atoms with Gasteiger partial charge in [-0.15, -0.1) is 0 Å². The molecule has 6 heteroatoms. The van der Waals surface area contributed by atoms with Crippen LogP contribution in [0.2, 0.25) is 0 Å². The van der Waals surface area contributed by atoms with E-state index in [1.807, 2.05) is 0 Å². The summed E-state index contributed by atoms with van der Waals surface area (Å²) in [5.41, 5.74) is 0. The smallest absolute Gasteiger partial charge is 0.306 e. The van der Waals surface area contributed by atoms with Gasteiger partial charge in [0.15, 0.2) is 6.10 Å². The average Bonchev–Trinajstić information content (AvgIpc) is 3.43. The van der Waals surface area contributed by atoms with Crippen LogP contribution in [-0.4, -0.2) is 37.2 Å². The number of hydrogen-bond acceptors (Lipinski definition) is 6. The number of esters is 3. The average molecular weight is 1070 g/mol. The normalized spacial score (nSPS) is 12.9. The van der Waals surface area contributed by atoms with Crippen molar-refractivity contribution in [2.45, 2.75) is 297 Å². The number of hydrogen-bond donors (Lipinski definition) is 0. The molecule has 1 unspecified atom stereocenters. The van der Waals surface area contributed by atoms with Gasteiger partial charge in [-0.05, 0) is 109 Å². The molecule has 0 aliphatic rings. The third-order valence-electron chi connectivity index (χ3n) is 13.5. The first-order valence-corrected chi connectivity index (χ1v) is 32.0. The monoisotopic (exact) mass is 1070 g/mol. The summed E-state index contributed by atoms with van der Waals surface area (Å²) < 4.78 is 16.8. The molecule has 0 aromatic carbocycles. The van der Waals surface area contributed by atoms with Crippen LogP contribution in [0.5, 0.6) is 0 Å². The fraction of sp³-hybridized carbons (Fsp3) is 0.676. The van der Waals surface area contributed by atoms with E-state index in [4.69, 9.17) is 14.2 Å². The van der Waals surface area contributed by atoms with Crippen molar-refractivity contribution >= 4 is 17.9 Å². The Kier molecular flexibility index (Phi) is 60.8. The van der Waals surface area contributed by atoms with E-state index in [-0.39, 0.29) is 37.5 Å². The lowest BCUT2D eigenvalue weighted by molar-refractivity contribution is -0.167. The summed E-state index contributed by atoms with van der Waals surface area (Å²) in [6.45, 7) is 6.48. The maximum atomic E-state index is 12.9. The first-order chi connectivity index (χ1) is 38.0. The van der Waals surface area contributed by atoms with E-state index >= 15 is 0 Å². The SMILES string of the molecule is CC/C=C\C/C=C\C/C=C\C/C=C\C/C=C\C/C=C\C/C=C\C/C=C\C/C=C\CCCC(=O)OCC(COC(=O)CCCCCCCCCCCCC)OC(=O)CCCCCCCCCCC/C=C\CCCCCCCC. The Morgan fingerprint density at radius 3 is 0.857 bits per heavy atom. The molecule has 0 amide bonds. The van der Waals surface area contributed by atoms with Crippen molar-refractivity contribution in [3.8, 4) is 0 Å². The van der Waals surface area contributed by atoms with E-state index in [9.17, 15) is 14.4 Å². The van der Waals surface area contributed by atoms with E-state index in [2.05, 4.69) is 142 Å². The van der Waals surface area contributed by atoms with E-state index in [0.29, 0.717) is 19.3 Å². The molecule has 0 N–H and O–H groups in total. The van der Waals surface area contributed by atoms with E-state index in [1.54, 1.807) is 0 Å². The van der Waals surface area contributed by atoms with Crippen LogP contribution in [0, 0.1) is 0 Å². The van der Waals surface area contributed by atoms with Crippen LogP contribution in [0.1, 0.15) is 290 Å². The molecule has 0 spiro atoms. The van der Waals surface area contributed by atoms with Crippen molar-refractivity contribution in [2.24, 2.45) is 0 Å². The fourth-order valence-electron chi connectivity index (χ4n) is 8.67. The van der Waals surface area contributed by atoms with Crippen molar-refractivity contribution in [3.63, 3.8) is 0 Å². The second kappa shape index (κ2) is 64.3. The Balaban J connectivity index is 4.40. The zero-order chi connectivity index (χ0) is 55.7. The number of rotatable bonds is 57. The van der Waals surface area contributed by atoms with Gasteiger partial charge in [0.1, 0.15) is 13.2 Å². The Bertz CT molecular complexity index is 1600. The minimum Gasteiger partial charge on any atom is -0.462 e. The Hall–Kier alpha value is -4.19. The van der Waals surface area contributed by atoms with E-state index in [0.717, 1.165) is 103 Å². The van der Waals surface area contributed by atoms with Gasteiger partial charge in [0.25, 0.3) is 0 Å². The van der Waals surface area contributed by atoms with Gasteiger partial charge in [0.2, 0.25) is 0 Å². The molecule has 438 valence electrons. The molecule has 0 aromatic heterocycles. The highest BCUT2D eigenvalue weighted by Gasteiger charge is 2.19. The number of carbonyl (C=O) groups excluding carboxylic acids is 3. The first-order valence-electron chi connectivity index (χ1n) is 32.0. The molecular weight excluding hydrogens is 949 g/mol. The van der Waals surface area contributed by atoms with Gasteiger partial charge in [-0.25, -0.2) is 0 Å². The van der Waals surface area contributed by atoms with Gasteiger partial charge < -0.3 is 14.2 Å². The lowest BCUT2D eigenvalue weighted by atomic mass is 10.1. The maximum Gasteiger partial charge on any atom is 0.306 e. The van der Waals surface area contributed by atoms with Crippen molar-refractivity contribution in [1.29, 1.82) is 0 Å². The number of allylic oxidation sites excluding steroid dienone is 20. The van der Waals surface area contributed by atoms with Crippen LogP contribution in [0.15, 0.2) is 122 Å². The van der Waals surface area contributed by atoms with Crippen LogP contribution >= 0.6 is 0 Å². The molecule has 0 radical (unpaired) electrons. The van der Waals surface area contributed by atoms with Crippen LogP contribution in [-0.2, 0) is 28.6 Å². The molecule has 0 saturated heterocycles. The van der Waals surface area contributed by atoms with E-state index in [1.165, 1.54) is 141 Å². The van der Waals surface area contributed by atoms with E-state index < -0.39 is 6.10 Å². The maximum absolute atomic E-state index is 12.9. The van der Waals surface area contributed by atoms with Crippen molar-refractivity contribution in [1.82, 2.24) is 0 Å². The van der Waals surface area contributed by atoms with Crippen LogP contribution < -0.4 is 0 Å². The third-order valence-corrected chi connectivity index (χ3v) is 13.5. The molecule has 1 atom stereocenters. The summed E-state index contributed by atoms with van der Waals surface area (Å²) in [6.07, 6.45) is 89.2. The largest absolute Gasteiger partial charge is 0.462 e. The zero-order valence-corrected chi connectivity index (χ0v) is 50.2. The summed E-state index contributed by atoms with van der Waals surface area (Å²) in [4.78, 5) is 38.2. The fourth-order valence-corrected chi connectivity index (χ4v) is 8.67. The zero-order valence-electron chi connectivity index (χ0n) is 50.2. The van der Waals surface area contributed by atoms with Crippen LogP contribution in [0.4, 0.5) is 0 Å². The number of ether oxygens (including phenoxy) is 3. The molecule has 0 bridgehead atoms. The van der Waals surface area contributed by atoms with Gasteiger partial charge in [-0.3, -0.25) is 14.4 Å². The Labute approximate surface area is 475 Å². The van der Waals surface area contributed by atoms with Gasteiger partial charge in [0.05, 0.1) is 0 Å². The third kappa shape index (κ3) is 62.5. The lowest BCUT2D eigenvalue weighted by Crippen LogP contribution is -2.30. The lowest BCUT2D eigenvalue weighted by Gasteiger charge is -2.18. The number of carbonyl (C=O) groups is 3. The second-order valence-corrected chi connectivity index (χ2v) is 20.9. The Morgan fingerprint density at radius 2 is 0.519 bits per heavy atom. The number of unbranched alkanes of at least 4 members (excludes halogenated alkanes) is 26. The van der Waals surface area contributed by atoms with Gasteiger partial charge >= 0.3 is 17.9 Å². The first kappa shape index (κ1) is 72.8. The molecule has 0 aliphatic carbocycles. The highest BCUT2D eigenvalue weighted by Crippen LogP contribution is 2.15. The predicted octanol–water partition coefficient (Wildman–Crippen LogP) is 22.0. The summed E-state index contributed by atoms with van der Waals surface area (Å²) in [6, 6.07) is 0. The van der Waals surface area contributed by atoms with Gasteiger partial charge in [0, 0.05) is 19.3 Å². The molecule has 0 heterocycles. The van der Waals surface area contributed by atoms with Crippen molar-refractivity contribution in [2.75, 3.05) is 13.2 Å². The molecular formula is C71H118O6.